The third kappa shape index (κ3) is 2.56. The molecule has 0 bridgehead atoms. The fourth-order valence-corrected chi connectivity index (χ4v) is 3.20. The highest BCUT2D eigenvalue weighted by atomic mass is 16.3. The summed E-state index contributed by atoms with van der Waals surface area (Å²) in [4.78, 5) is 4.65. The number of hydrogen-bond acceptors (Lipinski definition) is 4. The van der Waals surface area contributed by atoms with Crippen molar-refractivity contribution in [2.75, 3.05) is 33.7 Å². The SMILES string of the molecule is CNC(O)N1CCC[C@H]1C1CCN(C)CC1. The summed E-state index contributed by atoms with van der Waals surface area (Å²) in [7, 11) is 4.03. The van der Waals surface area contributed by atoms with Crippen molar-refractivity contribution in [2.45, 2.75) is 38.1 Å². The molecule has 2 aliphatic heterocycles. The van der Waals surface area contributed by atoms with Crippen molar-refractivity contribution in [1.82, 2.24) is 15.1 Å². The maximum Gasteiger partial charge on any atom is 0.163 e. The van der Waals surface area contributed by atoms with Crippen LogP contribution in [0, 0.1) is 5.92 Å². The summed E-state index contributed by atoms with van der Waals surface area (Å²) in [6, 6.07) is 0.594. The predicted molar refractivity (Wildman–Crippen MR) is 65.0 cm³/mol. The van der Waals surface area contributed by atoms with Gasteiger partial charge in [-0.2, -0.15) is 0 Å². The first-order chi connectivity index (χ1) is 7.72. The molecule has 0 amide bonds. The zero-order valence-electron chi connectivity index (χ0n) is 10.5. The van der Waals surface area contributed by atoms with Gasteiger partial charge in [0, 0.05) is 12.6 Å². The molecule has 94 valence electrons. The molecular formula is C12H25N3O. The van der Waals surface area contributed by atoms with E-state index in [9.17, 15) is 5.11 Å². The summed E-state index contributed by atoms with van der Waals surface area (Å²) in [6.45, 7) is 3.47. The van der Waals surface area contributed by atoms with E-state index in [1.165, 1.54) is 38.8 Å². The Morgan fingerprint density at radius 3 is 2.50 bits per heavy atom. The van der Waals surface area contributed by atoms with Crippen LogP contribution in [-0.4, -0.2) is 61.0 Å². The second-order valence-corrected chi connectivity index (χ2v) is 5.25. The number of aliphatic hydroxyl groups excluding tert-OH is 1. The topological polar surface area (TPSA) is 38.7 Å². The minimum atomic E-state index is -0.452. The molecule has 0 saturated carbocycles. The lowest BCUT2D eigenvalue weighted by Crippen LogP contribution is -2.50. The Bertz CT molecular complexity index is 216. The van der Waals surface area contributed by atoms with E-state index >= 15 is 0 Å². The van der Waals surface area contributed by atoms with Crippen LogP contribution in [-0.2, 0) is 0 Å². The first-order valence-electron chi connectivity index (χ1n) is 6.52. The second kappa shape index (κ2) is 5.45. The monoisotopic (exact) mass is 227 g/mol. The molecule has 2 aliphatic rings. The molecule has 2 fully saturated rings. The maximum absolute atomic E-state index is 9.92. The molecule has 4 heteroatoms. The summed E-state index contributed by atoms with van der Waals surface area (Å²) in [5, 5.41) is 12.9. The van der Waals surface area contributed by atoms with Gasteiger partial charge in [-0.15, -0.1) is 0 Å². The smallest absolute Gasteiger partial charge is 0.163 e. The Labute approximate surface area is 98.6 Å². The van der Waals surface area contributed by atoms with Crippen LogP contribution < -0.4 is 5.32 Å². The maximum atomic E-state index is 9.92. The van der Waals surface area contributed by atoms with E-state index in [-0.39, 0.29) is 0 Å². The third-order valence-corrected chi connectivity index (χ3v) is 4.22. The molecular weight excluding hydrogens is 202 g/mol. The molecule has 4 nitrogen and oxygen atoms in total. The standard InChI is InChI=1S/C12H25N3O/c1-13-12(16)15-7-3-4-11(15)10-5-8-14(2)9-6-10/h10-13,16H,3-9H2,1-2H3/t11-,12?/m0/s1. The predicted octanol–water partition coefficient (Wildman–Crippen LogP) is 0.288. The Kier molecular flexibility index (Phi) is 4.19. The average molecular weight is 227 g/mol. The number of piperidine rings is 1. The van der Waals surface area contributed by atoms with Gasteiger partial charge < -0.3 is 10.0 Å². The quantitative estimate of drug-likeness (QED) is 0.680. The largest absolute Gasteiger partial charge is 0.365 e. The number of aliphatic hydroxyl groups is 1. The first-order valence-corrected chi connectivity index (χ1v) is 6.52. The van der Waals surface area contributed by atoms with Crippen LogP contribution in [0.3, 0.4) is 0 Å². The number of nitrogens with one attached hydrogen (secondary N) is 1. The van der Waals surface area contributed by atoms with E-state index in [4.69, 9.17) is 0 Å². The number of nitrogens with zero attached hydrogens (tertiary/aromatic N) is 2. The molecule has 0 aromatic heterocycles. The minimum absolute atomic E-state index is 0.452. The van der Waals surface area contributed by atoms with Crippen LogP contribution in [0.2, 0.25) is 0 Å². The summed E-state index contributed by atoms with van der Waals surface area (Å²) in [5.41, 5.74) is 0. The molecule has 16 heavy (non-hydrogen) atoms. The fourth-order valence-electron chi connectivity index (χ4n) is 3.20. The van der Waals surface area contributed by atoms with E-state index in [0.717, 1.165) is 12.5 Å². The van der Waals surface area contributed by atoms with Crippen LogP contribution >= 0.6 is 0 Å². The zero-order valence-corrected chi connectivity index (χ0v) is 10.5. The van der Waals surface area contributed by atoms with Crippen molar-refractivity contribution < 1.29 is 5.11 Å². The van der Waals surface area contributed by atoms with E-state index in [0.29, 0.717) is 6.04 Å². The average Bonchev–Trinajstić information content (AvgIpc) is 2.78. The van der Waals surface area contributed by atoms with Crippen molar-refractivity contribution in [1.29, 1.82) is 0 Å². The van der Waals surface area contributed by atoms with Gasteiger partial charge in [0.1, 0.15) is 0 Å². The van der Waals surface area contributed by atoms with Crippen molar-refractivity contribution in [3.05, 3.63) is 0 Å². The van der Waals surface area contributed by atoms with Gasteiger partial charge >= 0.3 is 0 Å². The molecule has 2 atom stereocenters. The highest BCUT2D eigenvalue weighted by Gasteiger charge is 2.35. The molecule has 2 saturated heterocycles. The first kappa shape index (κ1) is 12.3. The van der Waals surface area contributed by atoms with E-state index in [1.54, 1.807) is 0 Å². The highest BCUT2D eigenvalue weighted by molar-refractivity contribution is 4.88. The van der Waals surface area contributed by atoms with E-state index in [2.05, 4.69) is 22.2 Å². The lowest BCUT2D eigenvalue weighted by Gasteiger charge is -2.38. The Hall–Kier alpha value is -0.160. The normalized spacial score (nSPS) is 32.1. The molecule has 0 aromatic carbocycles. The summed E-state index contributed by atoms with van der Waals surface area (Å²) < 4.78 is 0. The number of hydrogen-bond donors (Lipinski definition) is 2. The van der Waals surface area contributed by atoms with Crippen LogP contribution in [0.15, 0.2) is 0 Å². The van der Waals surface area contributed by atoms with Crippen LogP contribution in [0.5, 0.6) is 0 Å². The fraction of sp³-hybridized carbons (Fsp3) is 1.00. The Morgan fingerprint density at radius 1 is 1.19 bits per heavy atom. The second-order valence-electron chi connectivity index (χ2n) is 5.25. The van der Waals surface area contributed by atoms with Crippen LogP contribution in [0.1, 0.15) is 25.7 Å². The van der Waals surface area contributed by atoms with Gasteiger partial charge in [0.2, 0.25) is 0 Å². The van der Waals surface area contributed by atoms with Gasteiger partial charge in [0.05, 0.1) is 0 Å². The molecule has 2 heterocycles. The number of likely N-dealkylation sites (tertiary alicyclic amines) is 2. The van der Waals surface area contributed by atoms with Crippen molar-refractivity contribution >= 4 is 0 Å². The van der Waals surface area contributed by atoms with Crippen LogP contribution in [0.4, 0.5) is 0 Å². The molecule has 0 radical (unpaired) electrons. The van der Waals surface area contributed by atoms with Gasteiger partial charge in [-0.25, -0.2) is 0 Å². The Morgan fingerprint density at radius 2 is 1.88 bits per heavy atom. The zero-order chi connectivity index (χ0) is 11.5. The summed E-state index contributed by atoms with van der Waals surface area (Å²) >= 11 is 0. The van der Waals surface area contributed by atoms with Gasteiger partial charge in [-0.3, -0.25) is 10.2 Å². The molecule has 0 aromatic rings. The molecule has 0 spiro atoms. The van der Waals surface area contributed by atoms with Crippen LogP contribution in [0.25, 0.3) is 0 Å². The lowest BCUT2D eigenvalue weighted by molar-refractivity contribution is -0.0435. The van der Waals surface area contributed by atoms with Crippen molar-refractivity contribution in [3.8, 4) is 0 Å². The Balaban J connectivity index is 1.92. The summed E-state index contributed by atoms with van der Waals surface area (Å²) in [6.07, 6.45) is 4.61. The van der Waals surface area contributed by atoms with Gasteiger partial charge in [0.25, 0.3) is 0 Å². The highest BCUT2D eigenvalue weighted by Crippen LogP contribution is 2.31. The third-order valence-electron chi connectivity index (χ3n) is 4.22. The number of rotatable bonds is 3. The molecule has 2 N–H and O–H groups in total. The van der Waals surface area contributed by atoms with Crippen molar-refractivity contribution in [2.24, 2.45) is 5.92 Å². The molecule has 2 rings (SSSR count). The van der Waals surface area contributed by atoms with E-state index in [1.807, 2.05) is 7.05 Å². The van der Waals surface area contributed by atoms with E-state index < -0.39 is 6.35 Å². The van der Waals surface area contributed by atoms with Gasteiger partial charge in [-0.1, -0.05) is 0 Å². The molecule has 0 aliphatic carbocycles. The summed E-state index contributed by atoms with van der Waals surface area (Å²) in [5.74, 6) is 0.779. The minimum Gasteiger partial charge on any atom is -0.365 e. The molecule has 1 unspecified atom stereocenters. The lowest BCUT2D eigenvalue weighted by atomic mass is 9.88. The van der Waals surface area contributed by atoms with Crippen molar-refractivity contribution in [3.63, 3.8) is 0 Å². The van der Waals surface area contributed by atoms with Gasteiger partial charge in [-0.05, 0) is 58.8 Å². The van der Waals surface area contributed by atoms with Gasteiger partial charge in [0.15, 0.2) is 6.35 Å².